The van der Waals surface area contributed by atoms with Crippen molar-refractivity contribution in [3.63, 3.8) is 0 Å². The minimum absolute atomic E-state index is 0.102. The normalized spacial score (nSPS) is 9.62. The summed E-state index contributed by atoms with van der Waals surface area (Å²) < 4.78 is 9.91. The monoisotopic (exact) mass is 248 g/mol. The summed E-state index contributed by atoms with van der Waals surface area (Å²) in [6, 6.07) is 0. The van der Waals surface area contributed by atoms with E-state index < -0.39 is 0 Å². The third kappa shape index (κ3) is 9.67. The van der Waals surface area contributed by atoms with E-state index in [2.05, 4.69) is 10.6 Å². The molecule has 0 aliphatic heterocycles. The topological polar surface area (TPSA) is 59.6 Å². The van der Waals surface area contributed by atoms with E-state index >= 15 is 0 Å². The van der Waals surface area contributed by atoms with Crippen LogP contribution < -0.4 is 10.6 Å². The number of rotatable bonds is 8. The minimum atomic E-state index is -0.305. The summed E-state index contributed by atoms with van der Waals surface area (Å²) in [5, 5.41) is 6.20. The van der Waals surface area contributed by atoms with Crippen molar-refractivity contribution in [1.82, 2.24) is 10.6 Å². The quantitative estimate of drug-likeness (QED) is 0.369. The van der Waals surface area contributed by atoms with E-state index in [1.54, 1.807) is 6.92 Å². The predicted molar refractivity (Wildman–Crippen MR) is 66.3 cm³/mol. The van der Waals surface area contributed by atoms with Crippen LogP contribution in [0.4, 0.5) is 0 Å². The number of nitrogens with one attached hydrogen (secondary N) is 2. The Hall–Kier alpha value is -0.880. The largest absolute Gasteiger partial charge is 0.465 e. The number of esters is 1. The van der Waals surface area contributed by atoms with Gasteiger partial charge < -0.3 is 20.1 Å². The van der Waals surface area contributed by atoms with Crippen LogP contribution in [0, 0.1) is 0 Å². The third-order valence-electron chi connectivity index (χ3n) is 1.65. The number of thiocarbonyl (C=S) groups is 1. The number of carbonyl (C=O) groups excluding carboxylic acids is 1. The van der Waals surface area contributed by atoms with Crippen LogP contribution in [0.1, 0.15) is 20.3 Å². The summed E-state index contributed by atoms with van der Waals surface area (Å²) in [6.07, 6.45) is 0.884. The van der Waals surface area contributed by atoms with E-state index in [1.807, 2.05) is 6.92 Å². The van der Waals surface area contributed by atoms with Gasteiger partial charge in [0.1, 0.15) is 6.54 Å². The van der Waals surface area contributed by atoms with Crippen LogP contribution >= 0.6 is 12.2 Å². The van der Waals surface area contributed by atoms with Crippen LogP contribution in [0.3, 0.4) is 0 Å². The molecule has 2 N–H and O–H groups in total. The second-order valence-electron chi connectivity index (χ2n) is 2.96. The molecule has 5 nitrogen and oxygen atoms in total. The lowest BCUT2D eigenvalue weighted by molar-refractivity contribution is -0.141. The first-order valence-corrected chi connectivity index (χ1v) is 5.86. The van der Waals surface area contributed by atoms with Crippen LogP contribution in [-0.2, 0) is 14.3 Å². The molecule has 0 aliphatic rings. The highest BCUT2D eigenvalue weighted by atomic mass is 32.1. The molecule has 0 spiro atoms. The van der Waals surface area contributed by atoms with Crippen molar-refractivity contribution >= 4 is 23.3 Å². The molecule has 0 rings (SSSR count). The zero-order valence-electron chi connectivity index (χ0n) is 9.88. The Labute approximate surface area is 102 Å². The number of carbonyl (C=O) groups is 1. The summed E-state index contributed by atoms with van der Waals surface area (Å²) in [4.78, 5) is 11.0. The first-order valence-electron chi connectivity index (χ1n) is 5.45. The average Bonchev–Trinajstić information content (AvgIpc) is 2.26. The molecule has 0 saturated heterocycles. The molecule has 0 heterocycles. The van der Waals surface area contributed by atoms with Crippen molar-refractivity contribution in [3.8, 4) is 0 Å². The zero-order valence-corrected chi connectivity index (χ0v) is 10.7. The van der Waals surface area contributed by atoms with E-state index in [9.17, 15) is 4.79 Å². The van der Waals surface area contributed by atoms with E-state index in [0.717, 1.165) is 19.6 Å². The molecular weight excluding hydrogens is 228 g/mol. The lowest BCUT2D eigenvalue weighted by Gasteiger charge is -2.09. The summed E-state index contributed by atoms with van der Waals surface area (Å²) in [6.45, 7) is 6.38. The van der Waals surface area contributed by atoms with Crippen molar-refractivity contribution < 1.29 is 14.3 Å². The second kappa shape index (κ2) is 10.6. The van der Waals surface area contributed by atoms with Gasteiger partial charge in [-0.25, -0.2) is 0 Å². The van der Waals surface area contributed by atoms with Gasteiger partial charge in [-0.05, 0) is 32.5 Å². The highest BCUT2D eigenvalue weighted by Crippen LogP contribution is 1.81. The first-order chi connectivity index (χ1) is 7.70. The molecule has 6 heteroatoms. The first kappa shape index (κ1) is 15.1. The lowest BCUT2D eigenvalue weighted by Crippen LogP contribution is -2.39. The van der Waals surface area contributed by atoms with Gasteiger partial charge in [-0.2, -0.15) is 0 Å². The van der Waals surface area contributed by atoms with Gasteiger partial charge in [0.05, 0.1) is 6.61 Å². The van der Waals surface area contributed by atoms with Crippen molar-refractivity contribution in [1.29, 1.82) is 0 Å². The van der Waals surface area contributed by atoms with Crippen LogP contribution in [-0.4, -0.2) is 44.0 Å². The molecule has 0 unspecified atom stereocenters. The standard InChI is InChI=1S/C10H20N2O3S/c1-3-14-7-5-6-11-10(16)12-8-9(13)15-4-2/h3-8H2,1-2H3,(H2,11,12,16). The van der Waals surface area contributed by atoms with Crippen LogP contribution in [0.2, 0.25) is 0 Å². The Morgan fingerprint density at radius 3 is 2.62 bits per heavy atom. The van der Waals surface area contributed by atoms with Gasteiger partial charge in [0.25, 0.3) is 0 Å². The number of ether oxygens (including phenoxy) is 2. The number of hydrogen-bond acceptors (Lipinski definition) is 4. The predicted octanol–water partition coefficient (Wildman–Crippen LogP) is 0.440. The minimum Gasteiger partial charge on any atom is -0.465 e. The maximum atomic E-state index is 11.0. The van der Waals surface area contributed by atoms with Gasteiger partial charge in [0.2, 0.25) is 0 Å². The summed E-state index contributed by atoms with van der Waals surface area (Å²) >= 11 is 4.96. The Morgan fingerprint density at radius 2 is 2.00 bits per heavy atom. The maximum Gasteiger partial charge on any atom is 0.325 e. The van der Waals surface area contributed by atoms with Gasteiger partial charge in [-0.3, -0.25) is 4.79 Å². The summed E-state index contributed by atoms with van der Waals surface area (Å²) in [5.74, 6) is -0.305. The maximum absolute atomic E-state index is 11.0. The second-order valence-corrected chi connectivity index (χ2v) is 3.37. The Morgan fingerprint density at radius 1 is 1.25 bits per heavy atom. The Kier molecular flexibility index (Phi) is 10.0. The molecule has 0 aromatic carbocycles. The smallest absolute Gasteiger partial charge is 0.325 e. The fraction of sp³-hybridized carbons (Fsp3) is 0.800. The van der Waals surface area contributed by atoms with E-state index in [-0.39, 0.29) is 12.5 Å². The van der Waals surface area contributed by atoms with Gasteiger partial charge in [-0.1, -0.05) is 0 Å². The van der Waals surface area contributed by atoms with Gasteiger partial charge in [-0.15, -0.1) is 0 Å². The fourth-order valence-corrected chi connectivity index (χ4v) is 1.12. The average molecular weight is 248 g/mol. The van der Waals surface area contributed by atoms with Crippen molar-refractivity contribution in [2.45, 2.75) is 20.3 Å². The molecular formula is C10H20N2O3S. The van der Waals surface area contributed by atoms with Crippen molar-refractivity contribution in [2.75, 3.05) is 32.9 Å². The van der Waals surface area contributed by atoms with Crippen LogP contribution in [0.25, 0.3) is 0 Å². The molecule has 0 saturated carbocycles. The molecule has 0 radical (unpaired) electrons. The highest BCUT2D eigenvalue weighted by Gasteiger charge is 2.01. The van der Waals surface area contributed by atoms with E-state index in [4.69, 9.17) is 21.7 Å². The van der Waals surface area contributed by atoms with Gasteiger partial charge in [0, 0.05) is 19.8 Å². The highest BCUT2D eigenvalue weighted by molar-refractivity contribution is 7.80. The Bertz CT molecular complexity index is 212. The Balaban J connectivity index is 3.34. The van der Waals surface area contributed by atoms with Gasteiger partial charge >= 0.3 is 5.97 Å². The fourth-order valence-electron chi connectivity index (χ4n) is 0.947. The molecule has 16 heavy (non-hydrogen) atoms. The SMILES string of the molecule is CCOCCCNC(=S)NCC(=O)OCC. The molecule has 94 valence electrons. The molecule has 0 aromatic heterocycles. The molecule has 0 fully saturated rings. The number of hydrogen-bond donors (Lipinski definition) is 2. The van der Waals surface area contributed by atoms with E-state index in [1.165, 1.54) is 0 Å². The summed E-state index contributed by atoms with van der Waals surface area (Å²) in [5.41, 5.74) is 0. The van der Waals surface area contributed by atoms with E-state index in [0.29, 0.717) is 18.3 Å². The third-order valence-corrected chi connectivity index (χ3v) is 1.94. The lowest BCUT2D eigenvalue weighted by atomic mass is 10.4. The molecule has 0 atom stereocenters. The van der Waals surface area contributed by atoms with Crippen molar-refractivity contribution in [3.05, 3.63) is 0 Å². The van der Waals surface area contributed by atoms with Crippen LogP contribution in [0.15, 0.2) is 0 Å². The van der Waals surface area contributed by atoms with Crippen LogP contribution in [0.5, 0.6) is 0 Å². The zero-order chi connectivity index (χ0) is 12.2. The van der Waals surface area contributed by atoms with Gasteiger partial charge in [0.15, 0.2) is 5.11 Å². The molecule has 0 aromatic rings. The summed E-state index contributed by atoms with van der Waals surface area (Å²) in [7, 11) is 0. The van der Waals surface area contributed by atoms with Crippen molar-refractivity contribution in [2.24, 2.45) is 0 Å². The molecule has 0 bridgehead atoms. The molecule has 0 aliphatic carbocycles. The molecule has 0 amide bonds.